The molecule has 2 aromatic carbocycles. The van der Waals surface area contributed by atoms with E-state index in [-0.39, 0.29) is 0 Å². The molecule has 0 spiro atoms. The fraction of sp³-hybridized carbons (Fsp3) is 0.214. The van der Waals surface area contributed by atoms with Crippen LogP contribution in [-0.2, 0) is 0 Å². The lowest BCUT2D eigenvalue weighted by Crippen LogP contribution is -1.87. The van der Waals surface area contributed by atoms with Gasteiger partial charge < -0.3 is 0 Å². The lowest BCUT2D eigenvalue weighted by Gasteiger charge is -2.06. The van der Waals surface area contributed by atoms with Gasteiger partial charge in [0.25, 0.3) is 0 Å². The number of carbonyl (C=O) groups excluding carboxylic acids is 1. The minimum atomic E-state index is 0.542. The van der Waals surface area contributed by atoms with E-state index in [1.165, 1.54) is 10.9 Å². The fourth-order valence-corrected chi connectivity index (χ4v) is 1.72. The highest BCUT2D eigenvalue weighted by molar-refractivity contribution is 5.89. The van der Waals surface area contributed by atoms with Gasteiger partial charge in [0, 0.05) is 5.56 Å². The lowest BCUT2D eigenvalue weighted by molar-refractivity contribution is 0.112. The Bertz CT molecular complexity index is 498. The average molecular weight is 198 g/mol. The monoisotopic (exact) mass is 198 g/mol. The zero-order valence-corrected chi connectivity index (χ0v) is 9.03. The number of carbonyl (C=O) groups is 1. The highest BCUT2D eigenvalue weighted by atomic mass is 16.1. The second-order valence-corrected chi connectivity index (χ2v) is 4.14. The summed E-state index contributed by atoms with van der Waals surface area (Å²) in [5.74, 6) is 0.542. The Balaban J connectivity index is 2.59. The van der Waals surface area contributed by atoms with Crippen molar-refractivity contribution < 1.29 is 4.79 Å². The molecule has 0 heterocycles. The maximum Gasteiger partial charge on any atom is 0.150 e. The minimum absolute atomic E-state index is 0.542. The largest absolute Gasteiger partial charge is 0.298 e. The Morgan fingerprint density at radius 3 is 2.33 bits per heavy atom. The molecule has 2 rings (SSSR count). The number of benzene rings is 2. The first-order valence-electron chi connectivity index (χ1n) is 5.19. The molecule has 0 atom stereocenters. The van der Waals surface area contributed by atoms with Crippen LogP contribution in [0, 0.1) is 0 Å². The molecule has 0 saturated carbocycles. The molecule has 0 unspecified atom stereocenters. The topological polar surface area (TPSA) is 17.1 Å². The summed E-state index contributed by atoms with van der Waals surface area (Å²) in [6, 6.07) is 12.2. The molecular formula is C14H14O. The van der Waals surface area contributed by atoms with E-state index in [1.54, 1.807) is 0 Å². The van der Waals surface area contributed by atoms with E-state index in [9.17, 15) is 4.79 Å². The third-order valence-corrected chi connectivity index (χ3v) is 2.69. The average Bonchev–Trinajstić information content (AvgIpc) is 2.27. The smallest absolute Gasteiger partial charge is 0.150 e. The van der Waals surface area contributed by atoms with Crippen LogP contribution in [0.5, 0.6) is 0 Å². The third-order valence-electron chi connectivity index (χ3n) is 2.69. The minimum Gasteiger partial charge on any atom is -0.298 e. The van der Waals surface area contributed by atoms with Crippen molar-refractivity contribution in [3.63, 3.8) is 0 Å². The predicted octanol–water partition coefficient (Wildman–Crippen LogP) is 3.78. The summed E-state index contributed by atoms with van der Waals surface area (Å²) in [6.07, 6.45) is 0.885. The summed E-state index contributed by atoms with van der Waals surface area (Å²) in [5.41, 5.74) is 2.07. The molecule has 1 heteroatoms. The first kappa shape index (κ1) is 9.91. The van der Waals surface area contributed by atoms with Crippen LogP contribution in [0.3, 0.4) is 0 Å². The Morgan fingerprint density at radius 1 is 1.00 bits per heavy atom. The summed E-state index contributed by atoms with van der Waals surface area (Å²) in [6.45, 7) is 4.36. The molecule has 0 N–H and O–H groups in total. The molecule has 0 bridgehead atoms. The molecule has 0 radical (unpaired) electrons. The van der Waals surface area contributed by atoms with Crippen LogP contribution in [-0.4, -0.2) is 6.29 Å². The van der Waals surface area contributed by atoms with Gasteiger partial charge in [-0.05, 0) is 28.3 Å². The number of fused-ring (bicyclic) bond motifs is 1. The van der Waals surface area contributed by atoms with Crippen LogP contribution in [0.4, 0.5) is 0 Å². The molecule has 0 fully saturated rings. The van der Waals surface area contributed by atoms with E-state index >= 15 is 0 Å². The van der Waals surface area contributed by atoms with E-state index in [4.69, 9.17) is 0 Å². The van der Waals surface area contributed by atoms with Gasteiger partial charge in [-0.3, -0.25) is 4.79 Å². The summed E-state index contributed by atoms with van der Waals surface area (Å²) in [5, 5.41) is 2.33. The van der Waals surface area contributed by atoms with Gasteiger partial charge in [-0.25, -0.2) is 0 Å². The molecule has 0 saturated heterocycles. The van der Waals surface area contributed by atoms with Gasteiger partial charge in [0.05, 0.1) is 0 Å². The molecule has 0 aromatic heterocycles. The van der Waals surface area contributed by atoms with E-state index < -0.39 is 0 Å². The van der Waals surface area contributed by atoms with Gasteiger partial charge in [0.1, 0.15) is 6.29 Å². The van der Waals surface area contributed by atoms with Crippen molar-refractivity contribution in [2.75, 3.05) is 0 Å². The maximum absolute atomic E-state index is 10.6. The molecule has 0 aliphatic rings. The van der Waals surface area contributed by atoms with Crippen molar-refractivity contribution in [1.29, 1.82) is 0 Å². The van der Waals surface area contributed by atoms with Crippen LogP contribution in [0.2, 0.25) is 0 Å². The lowest BCUT2D eigenvalue weighted by atomic mass is 9.98. The summed E-state index contributed by atoms with van der Waals surface area (Å²) >= 11 is 0. The van der Waals surface area contributed by atoms with E-state index in [0.29, 0.717) is 5.92 Å². The number of hydrogen-bond acceptors (Lipinski definition) is 1. The molecule has 0 aliphatic carbocycles. The van der Waals surface area contributed by atoms with Crippen LogP contribution in [0.25, 0.3) is 10.8 Å². The molecule has 1 nitrogen and oxygen atoms in total. The highest BCUT2D eigenvalue weighted by Crippen LogP contribution is 2.21. The van der Waals surface area contributed by atoms with Gasteiger partial charge >= 0.3 is 0 Å². The van der Waals surface area contributed by atoms with Crippen LogP contribution in [0.15, 0.2) is 36.4 Å². The number of rotatable bonds is 2. The number of hydrogen-bond donors (Lipinski definition) is 0. The maximum atomic E-state index is 10.6. The molecule has 2 aromatic rings. The first-order valence-corrected chi connectivity index (χ1v) is 5.19. The molecule has 15 heavy (non-hydrogen) atoms. The Morgan fingerprint density at radius 2 is 1.67 bits per heavy atom. The molecule has 0 aliphatic heterocycles. The zero-order chi connectivity index (χ0) is 10.8. The third kappa shape index (κ3) is 1.91. The van der Waals surface area contributed by atoms with E-state index in [1.807, 2.05) is 18.2 Å². The van der Waals surface area contributed by atoms with Crippen LogP contribution < -0.4 is 0 Å². The van der Waals surface area contributed by atoms with Crippen LogP contribution in [0.1, 0.15) is 35.7 Å². The van der Waals surface area contributed by atoms with Gasteiger partial charge in [-0.15, -0.1) is 0 Å². The van der Waals surface area contributed by atoms with Crippen molar-refractivity contribution in [2.45, 2.75) is 19.8 Å². The fourth-order valence-electron chi connectivity index (χ4n) is 1.72. The summed E-state index contributed by atoms with van der Waals surface area (Å²) in [7, 11) is 0. The van der Waals surface area contributed by atoms with E-state index in [2.05, 4.69) is 32.0 Å². The van der Waals surface area contributed by atoms with Gasteiger partial charge in [0.15, 0.2) is 0 Å². The first-order chi connectivity index (χ1) is 7.20. The normalized spacial score (nSPS) is 10.9. The standard InChI is InChI=1S/C14H14O/c1-10(2)12-5-6-13-7-11(9-15)3-4-14(13)8-12/h3-10H,1-2H3. The number of aldehydes is 1. The van der Waals surface area contributed by atoms with Crippen molar-refractivity contribution in [1.82, 2.24) is 0 Å². The second kappa shape index (κ2) is 3.85. The second-order valence-electron chi connectivity index (χ2n) is 4.14. The van der Waals surface area contributed by atoms with Gasteiger partial charge in [-0.1, -0.05) is 44.2 Å². The van der Waals surface area contributed by atoms with E-state index in [0.717, 1.165) is 17.2 Å². The Hall–Kier alpha value is -1.63. The van der Waals surface area contributed by atoms with Gasteiger partial charge in [-0.2, -0.15) is 0 Å². The molecular weight excluding hydrogens is 184 g/mol. The highest BCUT2D eigenvalue weighted by Gasteiger charge is 2.01. The van der Waals surface area contributed by atoms with Crippen molar-refractivity contribution in [3.05, 3.63) is 47.5 Å². The predicted molar refractivity (Wildman–Crippen MR) is 63.4 cm³/mol. The molecule has 0 amide bonds. The molecule has 76 valence electrons. The van der Waals surface area contributed by atoms with Crippen molar-refractivity contribution in [2.24, 2.45) is 0 Å². The van der Waals surface area contributed by atoms with Crippen molar-refractivity contribution in [3.8, 4) is 0 Å². The SMILES string of the molecule is CC(C)c1ccc2cc(C=O)ccc2c1. The quantitative estimate of drug-likeness (QED) is 0.671. The summed E-state index contributed by atoms with van der Waals surface area (Å²) in [4.78, 5) is 10.6. The van der Waals surface area contributed by atoms with Gasteiger partial charge in [0.2, 0.25) is 0 Å². The Labute approximate surface area is 89.7 Å². The Kier molecular flexibility index (Phi) is 2.55. The van der Waals surface area contributed by atoms with Crippen LogP contribution >= 0.6 is 0 Å². The summed E-state index contributed by atoms with van der Waals surface area (Å²) < 4.78 is 0. The zero-order valence-electron chi connectivity index (χ0n) is 9.03. The van der Waals surface area contributed by atoms with Crippen molar-refractivity contribution >= 4 is 17.1 Å².